The van der Waals surface area contributed by atoms with Crippen molar-refractivity contribution in [2.45, 2.75) is 59.9 Å². The van der Waals surface area contributed by atoms with Crippen molar-refractivity contribution < 1.29 is 0 Å². The Morgan fingerprint density at radius 3 is 2.14 bits per heavy atom. The first-order valence-electron chi connectivity index (χ1n) is 5.62. The molecule has 0 aromatic heterocycles. The van der Waals surface area contributed by atoms with Gasteiger partial charge >= 0.3 is 0 Å². The molecule has 14 heavy (non-hydrogen) atoms. The molecule has 0 aromatic rings. The fourth-order valence-electron chi connectivity index (χ4n) is 1.54. The molecule has 0 aliphatic rings. The van der Waals surface area contributed by atoms with E-state index in [-0.39, 0.29) is 6.04 Å². The molecule has 1 atom stereocenters. The van der Waals surface area contributed by atoms with E-state index in [0.717, 1.165) is 19.3 Å². The molecular weight excluding hydrogens is 170 g/mol. The van der Waals surface area contributed by atoms with Gasteiger partial charge in [0.05, 0.1) is 0 Å². The summed E-state index contributed by atoms with van der Waals surface area (Å²) in [6.07, 6.45) is 5.57. The predicted molar refractivity (Wildman–Crippen MR) is 65.3 cm³/mol. The highest BCUT2D eigenvalue weighted by atomic mass is 14.6. The van der Waals surface area contributed by atoms with Crippen LogP contribution in [0.5, 0.6) is 0 Å². The smallest absolute Gasteiger partial charge is 0.00477 e. The fraction of sp³-hybridized carbons (Fsp3) is 0.692. The van der Waals surface area contributed by atoms with Crippen LogP contribution in [0.15, 0.2) is 22.8 Å². The maximum Gasteiger partial charge on any atom is 0.00477 e. The van der Waals surface area contributed by atoms with Gasteiger partial charge in [0.1, 0.15) is 0 Å². The van der Waals surface area contributed by atoms with E-state index < -0.39 is 0 Å². The molecule has 2 N–H and O–H groups in total. The molecule has 82 valence electrons. The highest BCUT2D eigenvalue weighted by Gasteiger charge is 2.01. The van der Waals surface area contributed by atoms with E-state index in [1.165, 1.54) is 16.7 Å². The Balaban J connectivity index is 4.67. The van der Waals surface area contributed by atoms with Gasteiger partial charge in [0.25, 0.3) is 0 Å². The first-order valence-corrected chi connectivity index (χ1v) is 5.62. The van der Waals surface area contributed by atoms with Gasteiger partial charge in [-0.05, 0) is 45.6 Å². The van der Waals surface area contributed by atoms with Gasteiger partial charge < -0.3 is 5.73 Å². The van der Waals surface area contributed by atoms with Crippen molar-refractivity contribution in [1.29, 1.82) is 0 Å². The molecule has 0 fully saturated rings. The zero-order valence-corrected chi connectivity index (χ0v) is 10.4. The highest BCUT2D eigenvalue weighted by Crippen LogP contribution is 2.17. The zero-order chi connectivity index (χ0) is 11.1. The first kappa shape index (κ1) is 13.4. The molecule has 1 unspecified atom stereocenters. The lowest BCUT2D eigenvalue weighted by atomic mass is 9.99. The van der Waals surface area contributed by atoms with Crippen LogP contribution >= 0.6 is 0 Å². The van der Waals surface area contributed by atoms with E-state index in [2.05, 4.69) is 40.7 Å². The molecule has 0 saturated carbocycles. The SMILES string of the molecule is CC/C(C)=C/C(CC)=C(\C)CC(C)N. The van der Waals surface area contributed by atoms with Crippen molar-refractivity contribution in [3.8, 4) is 0 Å². The van der Waals surface area contributed by atoms with Crippen LogP contribution in [0, 0.1) is 0 Å². The van der Waals surface area contributed by atoms with Crippen molar-refractivity contribution in [2.24, 2.45) is 5.73 Å². The van der Waals surface area contributed by atoms with Crippen LogP contribution in [-0.4, -0.2) is 6.04 Å². The van der Waals surface area contributed by atoms with Gasteiger partial charge in [-0.25, -0.2) is 0 Å². The summed E-state index contributed by atoms with van der Waals surface area (Å²) in [6.45, 7) is 10.9. The third-order valence-corrected chi connectivity index (χ3v) is 2.54. The number of hydrogen-bond acceptors (Lipinski definition) is 1. The summed E-state index contributed by atoms with van der Waals surface area (Å²) in [6, 6.07) is 0.270. The van der Waals surface area contributed by atoms with Crippen molar-refractivity contribution >= 4 is 0 Å². The van der Waals surface area contributed by atoms with Crippen LogP contribution in [-0.2, 0) is 0 Å². The van der Waals surface area contributed by atoms with E-state index in [1.54, 1.807) is 0 Å². The molecule has 0 heterocycles. The lowest BCUT2D eigenvalue weighted by molar-refractivity contribution is 0.724. The van der Waals surface area contributed by atoms with Gasteiger partial charge in [0, 0.05) is 6.04 Å². The maximum atomic E-state index is 5.79. The molecule has 1 heteroatoms. The van der Waals surface area contributed by atoms with Gasteiger partial charge in [-0.3, -0.25) is 0 Å². The van der Waals surface area contributed by atoms with E-state index in [4.69, 9.17) is 5.73 Å². The quantitative estimate of drug-likeness (QED) is 0.663. The van der Waals surface area contributed by atoms with E-state index in [9.17, 15) is 0 Å². The molecule has 0 radical (unpaired) electrons. The predicted octanol–water partition coefficient (Wildman–Crippen LogP) is 3.81. The average Bonchev–Trinajstić information content (AvgIpc) is 2.12. The van der Waals surface area contributed by atoms with Crippen molar-refractivity contribution in [3.05, 3.63) is 22.8 Å². The number of nitrogens with two attached hydrogens (primary N) is 1. The monoisotopic (exact) mass is 195 g/mol. The Bertz CT molecular complexity index is 221. The van der Waals surface area contributed by atoms with Gasteiger partial charge in [0.15, 0.2) is 0 Å². The minimum atomic E-state index is 0.270. The second-order valence-corrected chi connectivity index (χ2v) is 4.18. The van der Waals surface area contributed by atoms with Gasteiger partial charge in [-0.15, -0.1) is 0 Å². The summed E-state index contributed by atoms with van der Waals surface area (Å²) in [5.41, 5.74) is 10.1. The molecule has 0 bridgehead atoms. The molecule has 0 rings (SSSR count). The standard InChI is InChI=1S/C13H25N/c1-6-10(3)8-13(7-2)11(4)9-12(5)14/h8,12H,6-7,9,14H2,1-5H3/b10-8+,13-11+. The van der Waals surface area contributed by atoms with Crippen molar-refractivity contribution in [1.82, 2.24) is 0 Å². The van der Waals surface area contributed by atoms with E-state index in [0.29, 0.717) is 0 Å². The molecule has 0 aliphatic carbocycles. The summed E-state index contributed by atoms with van der Waals surface area (Å²) < 4.78 is 0. The highest BCUT2D eigenvalue weighted by molar-refractivity contribution is 5.27. The minimum Gasteiger partial charge on any atom is -0.328 e. The number of allylic oxidation sites excluding steroid dienone is 3. The van der Waals surface area contributed by atoms with Crippen LogP contribution in [0.2, 0.25) is 0 Å². The normalized spacial score (nSPS) is 16.6. The van der Waals surface area contributed by atoms with Gasteiger partial charge in [-0.2, -0.15) is 0 Å². The third-order valence-electron chi connectivity index (χ3n) is 2.54. The molecular formula is C13H25N. The molecule has 0 spiro atoms. The summed E-state index contributed by atoms with van der Waals surface area (Å²) in [4.78, 5) is 0. The fourth-order valence-corrected chi connectivity index (χ4v) is 1.54. The average molecular weight is 195 g/mol. The van der Waals surface area contributed by atoms with E-state index >= 15 is 0 Å². The Labute approximate surface area is 89.1 Å². The Morgan fingerprint density at radius 1 is 1.21 bits per heavy atom. The minimum absolute atomic E-state index is 0.270. The second-order valence-electron chi connectivity index (χ2n) is 4.18. The number of rotatable bonds is 5. The number of hydrogen-bond donors (Lipinski definition) is 1. The second kappa shape index (κ2) is 6.83. The molecule has 0 aromatic carbocycles. The maximum absolute atomic E-state index is 5.79. The Kier molecular flexibility index (Phi) is 6.56. The summed E-state index contributed by atoms with van der Waals surface area (Å²) in [7, 11) is 0. The lowest BCUT2D eigenvalue weighted by Crippen LogP contribution is -2.15. The van der Waals surface area contributed by atoms with Crippen LogP contribution in [0.4, 0.5) is 0 Å². The molecule has 1 nitrogen and oxygen atoms in total. The van der Waals surface area contributed by atoms with Crippen LogP contribution in [0.3, 0.4) is 0 Å². The van der Waals surface area contributed by atoms with Gasteiger partial charge in [0.2, 0.25) is 0 Å². The van der Waals surface area contributed by atoms with Gasteiger partial charge in [-0.1, -0.05) is 31.1 Å². The lowest BCUT2D eigenvalue weighted by Gasteiger charge is -2.10. The van der Waals surface area contributed by atoms with Crippen molar-refractivity contribution in [2.75, 3.05) is 0 Å². The third kappa shape index (κ3) is 5.23. The van der Waals surface area contributed by atoms with E-state index in [1.807, 2.05) is 0 Å². The largest absolute Gasteiger partial charge is 0.328 e. The summed E-state index contributed by atoms with van der Waals surface area (Å²) in [5, 5.41) is 0. The molecule has 0 aliphatic heterocycles. The Morgan fingerprint density at radius 2 is 1.79 bits per heavy atom. The summed E-state index contributed by atoms with van der Waals surface area (Å²) >= 11 is 0. The molecule has 0 saturated heterocycles. The first-order chi connectivity index (χ1) is 6.51. The van der Waals surface area contributed by atoms with Crippen molar-refractivity contribution in [3.63, 3.8) is 0 Å². The molecule has 0 amide bonds. The Hall–Kier alpha value is -0.560. The summed E-state index contributed by atoms with van der Waals surface area (Å²) in [5.74, 6) is 0. The van der Waals surface area contributed by atoms with Crippen LogP contribution < -0.4 is 5.73 Å². The zero-order valence-electron chi connectivity index (χ0n) is 10.4. The van der Waals surface area contributed by atoms with Crippen LogP contribution in [0.1, 0.15) is 53.9 Å². The van der Waals surface area contributed by atoms with Crippen LogP contribution in [0.25, 0.3) is 0 Å². The topological polar surface area (TPSA) is 26.0 Å².